The van der Waals surface area contributed by atoms with Gasteiger partial charge >= 0.3 is 0 Å². The highest BCUT2D eigenvalue weighted by Gasteiger charge is 2.41. The number of hydrogen-bond acceptors (Lipinski definition) is 1. The second-order valence-electron chi connectivity index (χ2n) is 9.54. The fraction of sp³-hybridized carbons (Fsp3) is 0.419. The molecule has 0 atom stereocenters. The zero-order valence-electron chi connectivity index (χ0n) is 21.5. The SMILES string of the molecule is CCCCS/C(=C(/C#Cc1ccccc1)C#C[Si](C(C)C)(C(C)C)C(C)C)c1ccccc1. The first-order valence-corrected chi connectivity index (χ1v) is 15.6. The smallest absolute Gasteiger partial charge is 0.124 e. The molecule has 0 saturated carbocycles. The highest BCUT2D eigenvalue weighted by molar-refractivity contribution is 8.08. The van der Waals surface area contributed by atoms with Gasteiger partial charge in [0, 0.05) is 10.5 Å². The van der Waals surface area contributed by atoms with Crippen LogP contribution >= 0.6 is 11.8 Å². The molecule has 0 nitrogen and oxygen atoms in total. The van der Waals surface area contributed by atoms with E-state index in [-0.39, 0.29) is 0 Å². The first kappa shape index (κ1) is 27.1. The molecule has 2 aromatic carbocycles. The van der Waals surface area contributed by atoms with Gasteiger partial charge in [-0.1, -0.05) is 121 Å². The van der Waals surface area contributed by atoms with E-state index in [1.165, 1.54) is 23.3 Å². The number of unbranched alkanes of at least 4 members (excludes halogenated alkanes) is 1. The van der Waals surface area contributed by atoms with Gasteiger partial charge in [-0.15, -0.1) is 17.3 Å². The van der Waals surface area contributed by atoms with E-state index >= 15 is 0 Å². The third kappa shape index (κ3) is 7.43. The molecule has 0 fully saturated rings. The maximum Gasteiger partial charge on any atom is 0.146 e. The van der Waals surface area contributed by atoms with Gasteiger partial charge in [-0.25, -0.2) is 0 Å². The van der Waals surface area contributed by atoms with E-state index < -0.39 is 8.07 Å². The molecular weight excluding hydrogens is 432 g/mol. The molecule has 0 radical (unpaired) electrons. The van der Waals surface area contributed by atoms with Gasteiger partial charge in [-0.3, -0.25) is 0 Å². The summed E-state index contributed by atoms with van der Waals surface area (Å²) >= 11 is 1.91. The average molecular weight is 473 g/mol. The summed E-state index contributed by atoms with van der Waals surface area (Å²) in [5.74, 6) is 11.7. The third-order valence-electron chi connectivity index (χ3n) is 6.38. The van der Waals surface area contributed by atoms with Gasteiger partial charge < -0.3 is 0 Å². The molecule has 0 amide bonds. The lowest BCUT2D eigenvalue weighted by Crippen LogP contribution is -2.43. The molecule has 0 aliphatic rings. The van der Waals surface area contributed by atoms with Crippen LogP contribution in [-0.2, 0) is 0 Å². The summed E-state index contributed by atoms with van der Waals surface area (Å²) < 4.78 is 0. The monoisotopic (exact) mass is 472 g/mol. The van der Waals surface area contributed by atoms with Gasteiger partial charge in [-0.2, -0.15) is 0 Å². The van der Waals surface area contributed by atoms with E-state index in [2.05, 4.69) is 114 Å². The van der Waals surface area contributed by atoms with Gasteiger partial charge in [0.05, 0.1) is 5.57 Å². The van der Waals surface area contributed by atoms with Crippen molar-refractivity contribution in [3.05, 3.63) is 77.4 Å². The summed E-state index contributed by atoms with van der Waals surface area (Å²) in [6, 6.07) is 20.9. The Morgan fingerprint density at radius 2 is 1.33 bits per heavy atom. The molecule has 0 aliphatic heterocycles. The molecule has 0 N–H and O–H groups in total. The van der Waals surface area contributed by atoms with Crippen LogP contribution < -0.4 is 0 Å². The lowest BCUT2D eigenvalue weighted by atomic mass is 10.1. The van der Waals surface area contributed by atoms with Crippen molar-refractivity contribution in [1.29, 1.82) is 0 Å². The molecule has 2 rings (SSSR count). The van der Waals surface area contributed by atoms with Gasteiger partial charge in [0.25, 0.3) is 0 Å². The van der Waals surface area contributed by atoms with Crippen molar-refractivity contribution in [2.75, 3.05) is 5.75 Å². The maximum atomic E-state index is 3.92. The summed E-state index contributed by atoms with van der Waals surface area (Å²) in [7, 11) is -1.86. The zero-order chi connectivity index (χ0) is 24.3. The molecular formula is C31H40SSi. The zero-order valence-corrected chi connectivity index (χ0v) is 23.4. The molecule has 0 spiro atoms. The molecule has 2 aromatic rings. The Balaban J connectivity index is 2.74. The Bertz CT molecular complexity index is 987. The average Bonchev–Trinajstić information content (AvgIpc) is 2.80. The van der Waals surface area contributed by atoms with Crippen molar-refractivity contribution in [2.24, 2.45) is 0 Å². The van der Waals surface area contributed by atoms with Crippen molar-refractivity contribution in [2.45, 2.75) is 77.9 Å². The summed E-state index contributed by atoms with van der Waals surface area (Å²) in [4.78, 5) is 1.22. The fourth-order valence-corrected chi connectivity index (χ4v) is 11.0. The van der Waals surface area contributed by atoms with Crippen LogP contribution in [0.25, 0.3) is 4.91 Å². The molecule has 2 heteroatoms. The number of hydrogen-bond donors (Lipinski definition) is 0. The maximum absolute atomic E-state index is 3.92. The van der Waals surface area contributed by atoms with Gasteiger partial charge in [0.15, 0.2) is 0 Å². The van der Waals surface area contributed by atoms with Crippen molar-refractivity contribution in [3.8, 4) is 23.3 Å². The molecule has 0 saturated heterocycles. The Hall–Kier alpha value is -2.13. The Labute approximate surface area is 208 Å². The number of rotatable bonds is 8. The first-order valence-electron chi connectivity index (χ1n) is 12.4. The largest absolute Gasteiger partial charge is 0.146 e. The quantitative estimate of drug-likeness (QED) is 0.209. The molecule has 33 heavy (non-hydrogen) atoms. The molecule has 0 aromatic heterocycles. The van der Waals surface area contributed by atoms with Crippen LogP contribution in [0, 0.1) is 23.3 Å². The van der Waals surface area contributed by atoms with E-state index in [4.69, 9.17) is 0 Å². The number of benzene rings is 2. The topological polar surface area (TPSA) is 0 Å². The second kappa shape index (κ2) is 13.5. The summed E-state index contributed by atoms with van der Waals surface area (Å²) in [5.41, 5.74) is 8.94. The van der Waals surface area contributed by atoms with E-state index in [1.807, 2.05) is 30.0 Å². The van der Waals surface area contributed by atoms with Crippen molar-refractivity contribution >= 4 is 24.7 Å². The summed E-state index contributed by atoms with van der Waals surface area (Å²) in [5, 5.41) is 0. The molecule has 174 valence electrons. The van der Waals surface area contributed by atoms with E-state index in [0.717, 1.165) is 16.9 Å². The van der Waals surface area contributed by atoms with Crippen LogP contribution in [0.5, 0.6) is 0 Å². The molecule has 0 bridgehead atoms. The van der Waals surface area contributed by atoms with E-state index in [0.29, 0.717) is 16.6 Å². The minimum atomic E-state index is -1.86. The molecule has 0 heterocycles. The lowest BCUT2D eigenvalue weighted by molar-refractivity contribution is 0.838. The van der Waals surface area contributed by atoms with Crippen molar-refractivity contribution in [1.82, 2.24) is 0 Å². The third-order valence-corrected chi connectivity index (χ3v) is 13.9. The standard InChI is InChI=1S/C31H40SSi/c1-8-9-23-32-31(29-18-14-11-15-19-29)30(21-20-28-16-12-10-13-17-28)22-24-33(25(2)3,26(4)5)27(6)7/h10-19,25-27H,8-9,23H2,1-7H3/b31-30-. The Kier molecular flexibility index (Phi) is 11.1. The molecule has 0 unspecified atom stereocenters. The normalized spacial score (nSPS) is 12.2. The minimum absolute atomic E-state index is 0.598. The second-order valence-corrected chi connectivity index (χ2v) is 16.2. The highest BCUT2D eigenvalue weighted by Crippen LogP contribution is 2.41. The minimum Gasteiger partial charge on any atom is -0.124 e. The highest BCUT2D eigenvalue weighted by atomic mass is 32.2. The first-order chi connectivity index (χ1) is 15.8. The summed E-state index contributed by atoms with van der Waals surface area (Å²) in [6.07, 6.45) is 2.38. The van der Waals surface area contributed by atoms with Crippen molar-refractivity contribution < 1.29 is 0 Å². The van der Waals surface area contributed by atoms with Crippen LogP contribution in [0.15, 0.2) is 66.2 Å². The predicted molar refractivity (Wildman–Crippen MR) is 153 cm³/mol. The van der Waals surface area contributed by atoms with E-state index in [9.17, 15) is 0 Å². The van der Waals surface area contributed by atoms with Crippen molar-refractivity contribution in [3.63, 3.8) is 0 Å². The van der Waals surface area contributed by atoms with Crippen LogP contribution in [0.3, 0.4) is 0 Å². The van der Waals surface area contributed by atoms with Gasteiger partial charge in [0.2, 0.25) is 0 Å². The number of allylic oxidation sites excluding steroid dienone is 1. The Morgan fingerprint density at radius 3 is 1.85 bits per heavy atom. The Morgan fingerprint density at radius 1 is 0.788 bits per heavy atom. The van der Waals surface area contributed by atoms with Crippen LogP contribution in [-0.4, -0.2) is 13.8 Å². The number of thioether (sulfide) groups is 1. The van der Waals surface area contributed by atoms with E-state index in [1.54, 1.807) is 0 Å². The summed E-state index contributed by atoms with van der Waals surface area (Å²) in [6.45, 7) is 16.5. The van der Waals surface area contributed by atoms with Gasteiger partial charge in [0.1, 0.15) is 8.07 Å². The lowest BCUT2D eigenvalue weighted by Gasteiger charge is -2.38. The fourth-order valence-electron chi connectivity index (χ4n) is 4.61. The van der Waals surface area contributed by atoms with Crippen LogP contribution in [0.1, 0.15) is 72.4 Å². The van der Waals surface area contributed by atoms with Gasteiger partial charge in [-0.05, 0) is 46.5 Å². The predicted octanol–water partition coefficient (Wildman–Crippen LogP) is 9.20. The van der Waals surface area contributed by atoms with Crippen LogP contribution in [0.4, 0.5) is 0 Å². The van der Waals surface area contributed by atoms with Crippen LogP contribution in [0.2, 0.25) is 16.6 Å². The molecule has 0 aliphatic carbocycles.